The van der Waals surface area contributed by atoms with Crippen molar-refractivity contribution in [3.63, 3.8) is 0 Å². The van der Waals surface area contributed by atoms with Crippen LogP contribution in [0.15, 0.2) is 42.5 Å². The van der Waals surface area contributed by atoms with Gasteiger partial charge in [0.25, 0.3) is 0 Å². The summed E-state index contributed by atoms with van der Waals surface area (Å²) < 4.78 is 0. The van der Waals surface area contributed by atoms with E-state index in [4.69, 9.17) is 0 Å². The highest BCUT2D eigenvalue weighted by Gasteiger charge is 2.14. The van der Waals surface area contributed by atoms with Gasteiger partial charge in [-0.25, -0.2) is 0 Å². The molecule has 6 heteroatoms. The second-order valence-electron chi connectivity index (χ2n) is 6.57. The van der Waals surface area contributed by atoms with Gasteiger partial charge < -0.3 is 15.5 Å². The third-order valence-corrected chi connectivity index (χ3v) is 3.95. The fraction of sp³-hybridized carbons (Fsp3) is 0.286. The van der Waals surface area contributed by atoms with E-state index >= 15 is 0 Å². The highest BCUT2D eigenvalue weighted by atomic mass is 16.2. The smallest absolute Gasteiger partial charge is 0.226 e. The Labute approximate surface area is 159 Å². The van der Waals surface area contributed by atoms with Gasteiger partial charge in [-0.2, -0.15) is 0 Å². The molecule has 0 unspecified atom stereocenters. The molecule has 0 aliphatic heterocycles. The number of amides is 3. The topological polar surface area (TPSA) is 78.5 Å². The summed E-state index contributed by atoms with van der Waals surface area (Å²) in [5.74, 6) is -0.461. The zero-order valence-corrected chi connectivity index (χ0v) is 16.1. The van der Waals surface area contributed by atoms with E-state index in [1.54, 1.807) is 29.2 Å². The molecule has 0 bridgehead atoms. The van der Waals surface area contributed by atoms with Gasteiger partial charge in [0.05, 0.1) is 0 Å². The first-order chi connectivity index (χ1) is 12.7. The Bertz CT molecular complexity index is 824. The Morgan fingerprint density at radius 2 is 1.44 bits per heavy atom. The predicted octanol–water partition coefficient (Wildman–Crippen LogP) is 3.64. The maximum Gasteiger partial charge on any atom is 0.226 e. The molecular formula is C21H25N3O3. The molecule has 0 spiro atoms. The lowest BCUT2D eigenvalue weighted by atomic mass is 10.1. The van der Waals surface area contributed by atoms with Gasteiger partial charge in [0.1, 0.15) is 0 Å². The second kappa shape index (κ2) is 8.98. The zero-order valence-electron chi connectivity index (χ0n) is 16.1. The van der Waals surface area contributed by atoms with Gasteiger partial charge in [-0.05, 0) is 61.4 Å². The number of anilines is 3. The molecule has 6 nitrogen and oxygen atoms in total. The Kier molecular flexibility index (Phi) is 6.71. The van der Waals surface area contributed by atoms with Crippen LogP contribution in [0.2, 0.25) is 0 Å². The number of hydrogen-bond donors (Lipinski definition) is 2. The normalized spacial score (nSPS) is 10.2. The maximum absolute atomic E-state index is 12.3. The van der Waals surface area contributed by atoms with Crippen molar-refractivity contribution >= 4 is 34.8 Å². The molecule has 0 aliphatic rings. The average Bonchev–Trinajstić information content (AvgIpc) is 2.54. The van der Waals surface area contributed by atoms with Crippen LogP contribution in [0.1, 0.15) is 31.4 Å². The molecule has 2 rings (SSSR count). The van der Waals surface area contributed by atoms with E-state index in [1.165, 1.54) is 13.8 Å². The Morgan fingerprint density at radius 3 is 1.96 bits per heavy atom. The molecule has 0 saturated heterocycles. The van der Waals surface area contributed by atoms with Crippen molar-refractivity contribution in [3.8, 4) is 0 Å². The molecule has 0 aromatic heterocycles. The van der Waals surface area contributed by atoms with Crippen LogP contribution in [0.4, 0.5) is 17.1 Å². The number of carbonyl (C=O) groups is 3. The van der Waals surface area contributed by atoms with Gasteiger partial charge in [-0.1, -0.05) is 6.07 Å². The van der Waals surface area contributed by atoms with Gasteiger partial charge in [0.15, 0.2) is 0 Å². The van der Waals surface area contributed by atoms with Crippen molar-refractivity contribution in [1.29, 1.82) is 0 Å². The number of benzene rings is 2. The first-order valence-electron chi connectivity index (χ1n) is 8.78. The van der Waals surface area contributed by atoms with Crippen molar-refractivity contribution in [2.24, 2.45) is 0 Å². The number of nitrogens with zero attached hydrogens (tertiary/aromatic N) is 1. The summed E-state index contributed by atoms with van der Waals surface area (Å²) in [5, 5.41) is 5.56. The van der Waals surface area contributed by atoms with Crippen LogP contribution in [0.3, 0.4) is 0 Å². The van der Waals surface area contributed by atoms with Gasteiger partial charge >= 0.3 is 0 Å². The Hall–Kier alpha value is -3.15. The lowest BCUT2D eigenvalue weighted by molar-refractivity contribution is -0.117. The molecule has 2 aromatic rings. The predicted molar refractivity (Wildman–Crippen MR) is 108 cm³/mol. The molecule has 0 saturated carbocycles. The summed E-state index contributed by atoms with van der Waals surface area (Å²) in [7, 11) is 0. The van der Waals surface area contributed by atoms with E-state index in [-0.39, 0.29) is 30.7 Å². The molecule has 0 aliphatic carbocycles. The summed E-state index contributed by atoms with van der Waals surface area (Å²) in [4.78, 5) is 36.9. The van der Waals surface area contributed by atoms with Crippen LogP contribution < -0.4 is 15.5 Å². The molecule has 142 valence electrons. The molecule has 0 fully saturated rings. The zero-order chi connectivity index (χ0) is 20.0. The third-order valence-electron chi connectivity index (χ3n) is 3.95. The highest BCUT2D eigenvalue weighted by molar-refractivity contribution is 5.95. The van der Waals surface area contributed by atoms with Gasteiger partial charge in [0.2, 0.25) is 17.7 Å². The maximum atomic E-state index is 12.3. The average molecular weight is 367 g/mol. The van der Waals surface area contributed by atoms with E-state index in [2.05, 4.69) is 10.6 Å². The lowest BCUT2D eigenvalue weighted by Gasteiger charge is -2.21. The molecule has 0 heterocycles. The third kappa shape index (κ3) is 6.26. The van der Waals surface area contributed by atoms with E-state index in [0.29, 0.717) is 11.4 Å². The first-order valence-corrected chi connectivity index (χ1v) is 8.78. The number of carbonyl (C=O) groups excluding carboxylic acids is 3. The van der Waals surface area contributed by atoms with Crippen molar-refractivity contribution in [2.45, 2.75) is 34.1 Å². The fourth-order valence-electron chi connectivity index (χ4n) is 2.88. The van der Waals surface area contributed by atoms with Gasteiger partial charge in [-0.15, -0.1) is 0 Å². The van der Waals surface area contributed by atoms with Crippen LogP contribution in [-0.2, 0) is 14.4 Å². The van der Waals surface area contributed by atoms with Crippen LogP contribution in [0.5, 0.6) is 0 Å². The SMILES string of the molecule is CC(=O)Nc1ccc(N(CCC(=O)Nc2cc(C)cc(C)c2)C(C)=O)cc1. The van der Waals surface area contributed by atoms with Crippen molar-refractivity contribution in [3.05, 3.63) is 53.6 Å². The quantitative estimate of drug-likeness (QED) is 0.818. The summed E-state index contributed by atoms with van der Waals surface area (Å²) in [6.07, 6.45) is 0.181. The summed E-state index contributed by atoms with van der Waals surface area (Å²) in [6, 6.07) is 12.8. The van der Waals surface area contributed by atoms with E-state index < -0.39 is 0 Å². The molecule has 0 radical (unpaired) electrons. The fourth-order valence-corrected chi connectivity index (χ4v) is 2.88. The number of rotatable bonds is 6. The summed E-state index contributed by atoms with van der Waals surface area (Å²) in [6.45, 7) is 7.12. The molecule has 3 amide bonds. The van der Waals surface area contributed by atoms with Crippen LogP contribution in [0, 0.1) is 13.8 Å². The number of nitrogens with one attached hydrogen (secondary N) is 2. The van der Waals surface area contributed by atoms with Crippen LogP contribution in [0.25, 0.3) is 0 Å². The van der Waals surface area contributed by atoms with Crippen molar-refractivity contribution in [1.82, 2.24) is 0 Å². The van der Waals surface area contributed by atoms with E-state index in [9.17, 15) is 14.4 Å². The standard InChI is InChI=1S/C21H25N3O3/c1-14-11-15(2)13-19(12-14)23-21(27)9-10-24(17(4)26)20-7-5-18(6-8-20)22-16(3)25/h5-8,11-13H,9-10H2,1-4H3,(H,22,25)(H,23,27). The summed E-state index contributed by atoms with van der Waals surface area (Å²) >= 11 is 0. The Morgan fingerprint density at radius 1 is 0.852 bits per heavy atom. The van der Waals surface area contributed by atoms with Gasteiger partial charge in [-0.3, -0.25) is 14.4 Å². The number of hydrogen-bond acceptors (Lipinski definition) is 3. The second-order valence-corrected chi connectivity index (χ2v) is 6.57. The van der Waals surface area contributed by atoms with Crippen LogP contribution in [-0.4, -0.2) is 24.3 Å². The minimum atomic E-state index is -0.158. The molecule has 2 aromatic carbocycles. The van der Waals surface area contributed by atoms with Crippen molar-refractivity contribution < 1.29 is 14.4 Å². The lowest BCUT2D eigenvalue weighted by Crippen LogP contribution is -2.32. The van der Waals surface area contributed by atoms with Crippen LogP contribution >= 0.6 is 0 Å². The first kappa shape index (κ1) is 20.2. The van der Waals surface area contributed by atoms with Gasteiger partial charge in [0, 0.05) is 43.9 Å². The van der Waals surface area contributed by atoms with E-state index in [1.807, 2.05) is 32.0 Å². The molecule has 27 heavy (non-hydrogen) atoms. The number of aryl methyl sites for hydroxylation is 2. The van der Waals surface area contributed by atoms with Crippen molar-refractivity contribution in [2.75, 3.05) is 22.1 Å². The molecule has 0 atom stereocenters. The Balaban J connectivity index is 2.00. The molecule has 2 N–H and O–H groups in total. The highest BCUT2D eigenvalue weighted by Crippen LogP contribution is 2.19. The molecular weight excluding hydrogens is 342 g/mol. The minimum absolute atomic E-state index is 0.151. The minimum Gasteiger partial charge on any atom is -0.326 e. The monoisotopic (exact) mass is 367 g/mol. The summed E-state index contributed by atoms with van der Waals surface area (Å²) in [5.41, 5.74) is 4.24. The van der Waals surface area contributed by atoms with E-state index in [0.717, 1.165) is 16.8 Å². The largest absolute Gasteiger partial charge is 0.326 e.